The molecule has 274 valence electrons. The van der Waals surface area contributed by atoms with Crippen LogP contribution in [0.15, 0.2) is 206 Å². The fourth-order valence-corrected chi connectivity index (χ4v) is 11.1. The molecule has 0 aliphatic carbocycles. The van der Waals surface area contributed by atoms with Crippen molar-refractivity contribution in [2.24, 2.45) is 0 Å². The molecule has 60 heavy (non-hydrogen) atoms. The standard InChI is InChI=1S/C60H34/c1-3-12-35(13-4-1)40-19-8-21-42(30-40)55-51-33-48-45-29-28-39-27-26-38-16-7-23-44-32-50(58(45)57(39)53(38)44)49(48)34-52(51)56(43-22-9-20-41(31-43)36-14-5-2-6-15-36)60-47-25-11-18-37-17-10-24-46(54(37)47)59(55)60/h1-34H. The Balaban J connectivity index is 1.23. The molecule has 0 nitrogen and oxygen atoms in total. The van der Waals surface area contributed by atoms with Crippen LogP contribution >= 0.6 is 0 Å². The van der Waals surface area contributed by atoms with Crippen molar-refractivity contribution in [1.82, 2.24) is 0 Å². The van der Waals surface area contributed by atoms with Crippen molar-refractivity contribution < 1.29 is 0 Å². The second kappa shape index (κ2) is 11.9. The van der Waals surface area contributed by atoms with Gasteiger partial charge >= 0.3 is 0 Å². The van der Waals surface area contributed by atoms with Crippen LogP contribution in [-0.2, 0) is 0 Å². The van der Waals surface area contributed by atoms with Gasteiger partial charge in [0.1, 0.15) is 0 Å². The Kier molecular flexibility index (Phi) is 6.38. The van der Waals surface area contributed by atoms with Crippen LogP contribution in [-0.4, -0.2) is 0 Å². The summed E-state index contributed by atoms with van der Waals surface area (Å²) in [5.74, 6) is 0. The van der Waals surface area contributed by atoms with Crippen LogP contribution in [0.3, 0.4) is 0 Å². The van der Waals surface area contributed by atoms with Gasteiger partial charge in [0.25, 0.3) is 0 Å². The lowest BCUT2D eigenvalue weighted by atomic mass is 9.84. The average Bonchev–Trinajstić information content (AvgIpc) is 3.81. The van der Waals surface area contributed by atoms with Crippen LogP contribution in [0.5, 0.6) is 0 Å². The van der Waals surface area contributed by atoms with Crippen LogP contribution in [0.25, 0.3) is 141 Å². The molecule has 0 N–H and O–H groups in total. The second-order valence-electron chi connectivity index (χ2n) is 16.7. The highest BCUT2D eigenvalue weighted by molar-refractivity contribution is 6.44. The van der Waals surface area contributed by atoms with E-state index in [-0.39, 0.29) is 0 Å². The molecule has 0 spiro atoms. The molecular formula is C60H34. The SMILES string of the molecule is c1ccc(-c2cccc(-c3c4cc5c(cc4c(-c4cccc(-c6ccccc6)c4)c4c6cccc7cccc(c34)c76)c3cc4cccc6ccc7ccc5c3c7c64)c2)cc1. The highest BCUT2D eigenvalue weighted by atomic mass is 14.3. The lowest BCUT2D eigenvalue weighted by Crippen LogP contribution is -1.91. The van der Waals surface area contributed by atoms with Gasteiger partial charge in [0, 0.05) is 0 Å². The lowest BCUT2D eigenvalue weighted by Gasteiger charge is -2.18. The zero-order chi connectivity index (χ0) is 39.1. The summed E-state index contributed by atoms with van der Waals surface area (Å²) in [6, 6.07) is 77.6. The van der Waals surface area contributed by atoms with E-state index in [2.05, 4.69) is 206 Å². The van der Waals surface area contributed by atoms with E-state index < -0.39 is 0 Å². The van der Waals surface area contributed by atoms with Crippen molar-refractivity contribution in [3.63, 3.8) is 0 Å². The van der Waals surface area contributed by atoms with Crippen molar-refractivity contribution >= 4 is 97.0 Å². The zero-order valence-electron chi connectivity index (χ0n) is 32.6. The molecule has 14 aromatic rings. The van der Waals surface area contributed by atoms with Crippen LogP contribution in [0.4, 0.5) is 0 Å². The van der Waals surface area contributed by atoms with Crippen LogP contribution in [0.2, 0.25) is 0 Å². The molecule has 0 heteroatoms. The first-order valence-corrected chi connectivity index (χ1v) is 21.0. The summed E-state index contributed by atoms with van der Waals surface area (Å²) in [6.45, 7) is 0. The average molecular weight is 755 g/mol. The number of benzene rings is 12. The first kappa shape index (κ1) is 32.2. The molecule has 0 bridgehead atoms. The second-order valence-corrected chi connectivity index (χ2v) is 16.7. The molecule has 0 heterocycles. The van der Waals surface area contributed by atoms with Gasteiger partial charge in [0.15, 0.2) is 0 Å². The van der Waals surface area contributed by atoms with Crippen molar-refractivity contribution in [3.8, 4) is 44.5 Å². The van der Waals surface area contributed by atoms with Crippen LogP contribution in [0, 0.1) is 0 Å². The summed E-state index contributed by atoms with van der Waals surface area (Å²) in [6.07, 6.45) is 0. The molecule has 0 aliphatic rings. The maximum absolute atomic E-state index is 2.56. The molecule has 0 atom stereocenters. The summed E-state index contributed by atoms with van der Waals surface area (Å²) in [7, 11) is 0. The van der Waals surface area contributed by atoms with Crippen molar-refractivity contribution in [1.29, 1.82) is 0 Å². The van der Waals surface area contributed by atoms with Gasteiger partial charge in [-0.3, -0.25) is 0 Å². The maximum Gasteiger partial charge on any atom is -0.000741 e. The van der Waals surface area contributed by atoms with Gasteiger partial charge in [-0.05, 0) is 172 Å². The molecule has 0 unspecified atom stereocenters. The number of rotatable bonds is 4. The van der Waals surface area contributed by atoms with Crippen molar-refractivity contribution in [3.05, 3.63) is 206 Å². The van der Waals surface area contributed by atoms with E-state index in [9.17, 15) is 0 Å². The smallest absolute Gasteiger partial charge is 0.000741 e. The summed E-state index contributed by atoms with van der Waals surface area (Å²) in [5, 5.41) is 23.8. The monoisotopic (exact) mass is 754 g/mol. The van der Waals surface area contributed by atoms with E-state index in [0.29, 0.717) is 0 Å². The third-order valence-electron chi connectivity index (χ3n) is 13.6. The summed E-state index contributed by atoms with van der Waals surface area (Å²) in [5.41, 5.74) is 9.95. The predicted octanol–water partition coefficient (Wildman–Crippen LogP) is 17.0. The van der Waals surface area contributed by atoms with Gasteiger partial charge in [0.2, 0.25) is 0 Å². The summed E-state index contributed by atoms with van der Waals surface area (Å²) < 4.78 is 0. The Morgan fingerprint density at radius 1 is 0.167 bits per heavy atom. The zero-order valence-corrected chi connectivity index (χ0v) is 32.6. The van der Waals surface area contributed by atoms with E-state index in [4.69, 9.17) is 0 Å². The van der Waals surface area contributed by atoms with E-state index >= 15 is 0 Å². The molecule has 0 fully saturated rings. The third kappa shape index (κ3) is 4.30. The fourth-order valence-electron chi connectivity index (χ4n) is 11.1. The van der Waals surface area contributed by atoms with Crippen molar-refractivity contribution in [2.45, 2.75) is 0 Å². The molecule has 14 aromatic carbocycles. The molecular weight excluding hydrogens is 721 g/mol. The highest BCUT2D eigenvalue weighted by Crippen LogP contribution is 2.54. The Hall–Kier alpha value is -7.80. The molecule has 0 aliphatic heterocycles. The summed E-state index contributed by atoms with van der Waals surface area (Å²) in [4.78, 5) is 0. The largest absolute Gasteiger partial charge is 0.0622 e. The number of hydrogen-bond donors (Lipinski definition) is 0. The van der Waals surface area contributed by atoms with Gasteiger partial charge in [-0.1, -0.05) is 176 Å². The van der Waals surface area contributed by atoms with Gasteiger partial charge in [-0.2, -0.15) is 0 Å². The van der Waals surface area contributed by atoms with Gasteiger partial charge in [0.05, 0.1) is 0 Å². The van der Waals surface area contributed by atoms with Crippen LogP contribution in [0.1, 0.15) is 0 Å². The first-order valence-electron chi connectivity index (χ1n) is 21.0. The molecule has 0 aromatic heterocycles. The minimum Gasteiger partial charge on any atom is -0.0622 e. The Bertz CT molecular complexity index is 4020. The third-order valence-corrected chi connectivity index (χ3v) is 13.6. The first-order chi connectivity index (χ1) is 29.8. The normalized spacial score (nSPS) is 12.3. The Morgan fingerprint density at radius 3 is 1.22 bits per heavy atom. The minimum atomic E-state index is 1.22. The quantitative estimate of drug-likeness (QED) is 0.157. The van der Waals surface area contributed by atoms with Gasteiger partial charge in [-0.25, -0.2) is 0 Å². The number of fused-ring (bicyclic) bond motifs is 7. The molecule has 0 saturated carbocycles. The van der Waals surface area contributed by atoms with E-state index in [1.165, 1.54) is 141 Å². The van der Waals surface area contributed by atoms with Gasteiger partial charge in [-0.15, -0.1) is 0 Å². The molecule has 0 amide bonds. The molecule has 14 rings (SSSR count). The van der Waals surface area contributed by atoms with Gasteiger partial charge < -0.3 is 0 Å². The van der Waals surface area contributed by atoms with E-state index in [1.807, 2.05) is 0 Å². The van der Waals surface area contributed by atoms with E-state index in [0.717, 1.165) is 0 Å². The topological polar surface area (TPSA) is 0 Å². The number of hydrogen-bond acceptors (Lipinski definition) is 0. The fraction of sp³-hybridized carbons (Fsp3) is 0. The highest BCUT2D eigenvalue weighted by Gasteiger charge is 2.26. The maximum atomic E-state index is 2.56. The Morgan fingerprint density at radius 2 is 0.617 bits per heavy atom. The minimum absolute atomic E-state index is 1.22. The van der Waals surface area contributed by atoms with Crippen molar-refractivity contribution in [2.75, 3.05) is 0 Å². The molecule has 0 saturated heterocycles. The predicted molar refractivity (Wildman–Crippen MR) is 259 cm³/mol. The lowest BCUT2D eigenvalue weighted by molar-refractivity contribution is 1.61. The molecule has 0 radical (unpaired) electrons. The summed E-state index contributed by atoms with van der Waals surface area (Å²) >= 11 is 0. The van der Waals surface area contributed by atoms with Crippen LogP contribution < -0.4 is 0 Å². The Labute approximate surface area is 346 Å². The van der Waals surface area contributed by atoms with E-state index in [1.54, 1.807) is 0 Å².